The topological polar surface area (TPSA) is 26.0 Å². The molecule has 0 spiro atoms. The van der Waals surface area contributed by atoms with E-state index in [4.69, 9.17) is 5.73 Å². The van der Waals surface area contributed by atoms with Crippen molar-refractivity contribution in [2.45, 2.75) is 44.6 Å². The van der Waals surface area contributed by atoms with Gasteiger partial charge in [0.05, 0.1) is 0 Å². The van der Waals surface area contributed by atoms with Crippen LogP contribution in [-0.4, -0.2) is 6.04 Å². The Balaban J connectivity index is 1.95. The first kappa shape index (κ1) is 12.5. The third-order valence-electron chi connectivity index (χ3n) is 3.64. The number of nitrogens with two attached hydrogens (primary N) is 1. The molecule has 0 aliphatic heterocycles. The van der Waals surface area contributed by atoms with Crippen LogP contribution < -0.4 is 5.73 Å². The summed E-state index contributed by atoms with van der Waals surface area (Å²) in [7, 11) is 0. The first-order chi connectivity index (χ1) is 8.16. The molecule has 0 saturated heterocycles. The normalized spacial score (nSPS) is 18.5. The number of rotatable bonds is 4. The molecule has 1 aliphatic rings. The molecule has 1 nitrogen and oxygen atoms in total. The lowest BCUT2D eigenvalue weighted by molar-refractivity contribution is 0.430. The van der Waals surface area contributed by atoms with E-state index in [-0.39, 0.29) is 11.6 Å². The lowest BCUT2D eigenvalue weighted by Gasteiger charge is -2.16. The molecule has 17 heavy (non-hydrogen) atoms. The SMILES string of the molecule is NC(Cc1c(F)cccc1F)CC1CCCC1. The summed E-state index contributed by atoms with van der Waals surface area (Å²) in [6.45, 7) is 0. The Kier molecular flexibility index (Phi) is 4.11. The van der Waals surface area contributed by atoms with Crippen molar-refractivity contribution in [1.82, 2.24) is 0 Å². The van der Waals surface area contributed by atoms with E-state index in [1.54, 1.807) is 0 Å². The van der Waals surface area contributed by atoms with Crippen molar-refractivity contribution in [3.63, 3.8) is 0 Å². The van der Waals surface area contributed by atoms with Gasteiger partial charge in [-0.2, -0.15) is 0 Å². The lowest BCUT2D eigenvalue weighted by Crippen LogP contribution is -2.26. The van der Waals surface area contributed by atoms with Crippen LogP contribution in [0.4, 0.5) is 8.78 Å². The average Bonchev–Trinajstić information content (AvgIpc) is 2.76. The van der Waals surface area contributed by atoms with Crippen LogP contribution in [0.25, 0.3) is 0 Å². The van der Waals surface area contributed by atoms with Gasteiger partial charge < -0.3 is 5.73 Å². The van der Waals surface area contributed by atoms with Gasteiger partial charge in [-0.3, -0.25) is 0 Å². The maximum Gasteiger partial charge on any atom is 0.129 e. The summed E-state index contributed by atoms with van der Waals surface area (Å²) in [5, 5.41) is 0. The summed E-state index contributed by atoms with van der Waals surface area (Å²) >= 11 is 0. The Hall–Kier alpha value is -0.960. The second kappa shape index (κ2) is 5.58. The summed E-state index contributed by atoms with van der Waals surface area (Å²) in [6, 6.07) is 3.84. The van der Waals surface area contributed by atoms with Crippen LogP contribution in [0.15, 0.2) is 18.2 Å². The highest BCUT2D eigenvalue weighted by Gasteiger charge is 2.20. The zero-order valence-corrected chi connectivity index (χ0v) is 9.96. The molecule has 1 fully saturated rings. The van der Waals surface area contributed by atoms with E-state index in [0.717, 1.165) is 6.42 Å². The zero-order chi connectivity index (χ0) is 12.3. The molecule has 3 heteroatoms. The Labute approximate surface area is 101 Å². The van der Waals surface area contributed by atoms with Crippen LogP contribution in [0.1, 0.15) is 37.7 Å². The van der Waals surface area contributed by atoms with Crippen LogP contribution in [0, 0.1) is 17.6 Å². The molecule has 0 amide bonds. The molecule has 94 valence electrons. The fourth-order valence-corrected chi connectivity index (χ4v) is 2.75. The fourth-order valence-electron chi connectivity index (χ4n) is 2.75. The Bertz CT molecular complexity index is 352. The van der Waals surface area contributed by atoms with Crippen molar-refractivity contribution < 1.29 is 8.78 Å². The molecule has 0 radical (unpaired) electrons. The van der Waals surface area contributed by atoms with E-state index in [9.17, 15) is 8.78 Å². The van der Waals surface area contributed by atoms with Crippen LogP contribution in [0.2, 0.25) is 0 Å². The molecule has 1 unspecified atom stereocenters. The van der Waals surface area contributed by atoms with E-state index in [2.05, 4.69) is 0 Å². The second-order valence-electron chi connectivity index (χ2n) is 5.05. The zero-order valence-electron chi connectivity index (χ0n) is 9.96. The minimum atomic E-state index is -0.480. The van der Waals surface area contributed by atoms with Crippen LogP contribution in [-0.2, 0) is 6.42 Å². The summed E-state index contributed by atoms with van der Waals surface area (Å²) in [4.78, 5) is 0. The average molecular weight is 239 g/mol. The van der Waals surface area contributed by atoms with E-state index in [0.29, 0.717) is 12.3 Å². The van der Waals surface area contributed by atoms with Crippen molar-refractivity contribution in [3.8, 4) is 0 Å². The standard InChI is InChI=1S/C14H19F2N/c15-13-6-3-7-14(16)12(13)9-11(17)8-10-4-1-2-5-10/h3,6-7,10-11H,1-2,4-5,8-9,17H2. The predicted molar refractivity (Wildman–Crippen MR) is 64.6 cm³/mol. The largest absolute Gasteiger partial charge is 0.327 e. The van der Waals surface area contributed by atoms with Gasteiger partial charge in [-0.05, 0) is 30.9 Å². The van der Waals surface area contributed by atoms with Gasteiger partial charge in [0.2, 0.25) is 0 Å². The smallest absolute Gasteiger partial charge is 0.129 e. The number of hydrogen-bond acceptors (Lipinski definition) is 1. The molecule has 1 aliphatic carbocycles. The van der Waals surface area contributed by atoms with Crippen LogP contribution >= 0.6 is 0 Å². The Morgan fingerprint density at radius 2 is 1.76 bits per heavy atom. The first-order valence-corrected chi connectivity index (χ1v) is 6.35. The van der Waals surface area contributed by atoms with E-state index < -0.39 is 11.6 Å². The number of hydrogen-bond donors (Lipinski definition) is 1. The molecular formula is C14H19F2N. The lowest BCUT2D eigenvalue weighted by atomic mass is 9.94. The maximum absolute atomic E-state index is 13.4. The van der Waals surface area contributed by atoms with Crippen molar-refractivity contribution >= 4 is 0 Å². The van der Waals surface area contributed by atoms with Gasteiger partial charge in [0.25, 0.3) is 0 Å². The van der Waals surface area contributed by atoms with Crippen molar-refractivity contribution in [2.24, 2.45) is 11.7 Å². The predicted octanol–water partition coefficient (Wildman–Crippen LogP) is 3.41. The third-order valence-corrected chi connectivity index (χ3v) is 3.64. The minimum Gasteiger partial charge on any atom is -0.327 e. The van der Waals surface area contributed by atoms with E-state index >= 15 is 0 Å². The van der Waals surface area contributed by atoms with Crippen molar-refractivity contribution in [2.75, 3.05) is 0 Å². The summed E-state index contributed by atoms with van der Waals surface area (Å²) in [6.07, 6.45) is 6.15. The van der Waals surface area contributed by atoms with Gasteiger partial charge in [-0.15, -0.1) is 0 Å². The number of halogens is 2. The first-order valence-electron chi connectivity index (χ1n) is 6.35. The highest BCUT2D eigenvalue weighted by Crippen LogP contribution is 2.29. The molecule has 1 saturated carbocycles. The fraction of sp³-hybridized carbons (Fsp3) is 0.571. The molecule has 1 aromatic rings. The van der Waals surface area contributed by atoms with Crippen molar-refractivity contribution in [3.05, 3.63) is 35.4 Å². The Morgan fingerprint density at radius 3 is 2.35 bits per heavy atom. The maximum atomic E-state index is 13.4. The van der Waals surface area contributed by atoms with Gasteiger partial charge in [-0.25, -0.2) is 8.78 Å². The third kappa shape index (κ3) is 3.25. The summed E-state index contributed by atoms with van der Waals surface area (Å²) in [5.74, 6) is -0.307. The van der Waals surface area contributed by atoms with Gasteiger partial charge >= 0.3 is 0 Å². The molecule has 2 N–H and O–H groups in total. The monoisotopic (exact) mass is 239 g/mol. The van der Waals surface area contributed by atoms with Gasteiger partial charge in [-0.1, -0.05) is 31.7 Å². The quantitative estimate of drug-likeness (QED) is 0.856. The highest BCUT2D eigenvalue weighted by atomic mass is 19.1. The molecular weight excluding hydrogens is 220 g/mol. The summed E-state index contributed by atoms with van der Waals surface area (Å²) < 4.78 is 26.9. The highest BCUT2D eigenvalue weighted by molar-refractivity contribution is 5.20. The summed E-state index contributed by atoms with van der Waals surface area (Å²) in [5.41, 5.74) is 6.13. The van der Waals surface area contributed by atoms with E-state index in [1.165, 1.54) is 43.9 Å². The molecule has 0 bridgehead atoms. The van der Waals surface area contributed by atoms with Gasteiger partial charge in [0.15, 0.2) is 0 Å². The second-order valence-corrected chi connectivity index (χ2v) is 5.05. The van der Waals surface area contributed by atoms with E-state index in [1.807, 2.05) is 0 Å². The molecule has 2 rings (SSSR count). The minimum absolute atomic E-state index is 0.135. The molecule has 1 atom stereocenters. The van der Waals surface area contributed by atoms with Gasteiger partial charge in [0, 0.05) is 11.6 Å². The molecule has 1 aromatic carbocycles. The molecule has 0 aromatic heterocycles. The van der Waals surface area contributed by atoms with Crippen LogP contribution in [0.5, 0.6) is 0 Å². The number of benzene rings is 1. The van der Waals surface area contributed by atoms with Gasteiger partial charge in [0.1, 0.15) is 11.6 Å². The Morgan fingerprint density at radius 1 is 1.18 bits per heavy atom. The van der Waals surface area contributed by atoms with Crippen molar-refractivity contribution in [1.29, 1.82) is 0 Å². The molecule has 0 heterocycles. The van der Waals surface area contributed by atoms with Crippen LogP contribution in [0.3, 0.4) is 0 Å².